The van der Waals surface area contributed by atoms with Crippen molar-refractivity contribution >= 4 is 0 Å². The number of hydrogen-bond acceptors (Lipinski definition) is 4. The molecule has 90 valence electrons. The molecule has 2 heterocycles. The summed E-state index contributed by atoms with van der Waals surface area (Å²) in [5.74, 6) is 2.73. The summed E-state index contributed by atoms with van der Waals surface area (Å²) in [6.45, 7) is 5.21. The van der Waals surface area contributed by atoms with Crippen molar-refractivity contribution in [3.63, 3.8) is 0 Å². The molecule has 5 heteroatoms. The standard InChI is InChI=1S/C11H20N4O/c1-2-16-6-5-11-14-13-10-4-3-9(7-12)8-15(10)11/h9H,2-8,12H2,1H3. The van der Waals surface area contributed by atoms with Crippen LogP contribution in [0.3, 0.4) is 0 Å². The molecular formula is C11H20N4O. The Hall–Kier alpha value is -0.940. The Bertz CT molecular complexity index is 337. The van der Waals surface area contributed by atoms with E-state index in [-0.39, 0.29) is 0 Å². The van der Waals surface area contributed by atoms with Gasteiger partial charge in [0, 0.05) is 26.0 Å². The molecule has 0 aliphatic carbocycles. The molecule has 0 amide bonds. The first-order chi connectivity index (χ1) is 7.85. The van der Waals surface area contributed by atoms with Crippen LogP contribution < -0.4 is 5.73 Å². The van der Waals surface area contributed by atoms with Gasteiger partial charge in [-0.05, 0) is 25.8 Å². The topological polar surface area (TPSA) is 66.0 Å². The minimum atomic E-state index is 0.578. The fourth-order valence-corrected chi connectivity index (χ4v) is 2.14. The highest BCUT2D eigenvalue weighted by Gasteiger charge is 2.21. The number of hydrogen-bond donors (Lipinski definition) is 1. The fraction of sp³-hybridized carbons (Fsp3) is 0.818. The molecule has 2 rings (SSSR count). The quantitative estimate of drug-likeness (QED) is 0.734. The Morgan fingerprint density at radius 1 is 1.50 bits per heavy atom. The molecule has 0 fully saturated rings. The number of aryl methyl sites for hydroxylation is 1. The molecule has 0 radical (unpaired) electrons. The average Bonchev–Trinajstić information content (AvgIpc) is 2.72. The van der Waals surface area contributed by atoms with Gasteiger partial charge in [-0.15, -0.1) is 10.2 Å². The monoisotopic (exact) mass is 224 g/mol. The van der Waals surface area contributed by atoms with Gasteiger partial charge in [-0.2, -0.15) is 0 Å². The first-order valence-electron chi connectivity index (χ1n) is 6.04. The molecule has 0 saturated carbocycles. The second-order valence-electron chi connectivity index (χ2n) is 4.23. The molecule has 0 aromatic carbocycles. The van der Waals surface area contributed by atoms with Crippen molar-refractivity contribution in [1.29, 1.82) is 0 Å². The lowest BCUT2D eigenvalue weighted by Crippen LogP contribution is -2.27. The predicted octanol–water partition coefficient (Wildman–Crippen LogP) is 0.378. The lowest BCUT2D eigenvalue weighted by molar-refractivity contribution is 0.148. The van der Waals surface area contributed by atoms with E-state index in [0.717, 1.165) is 57.2 Å². The number of fused-ring (bicyclic) bond motifs is 1. The molecule has 1 atom stereocenters. The smallest absolute Gasteiger partial charge is 0.135 e. The molecule has 1 aromatic heterocycles. The zero-order valence-corrected chi connectivity index (χ0v) is 9.85. The maximum atomic E-state index is 5.72. The van der Waals surface area contributed by atoms with Gasteiger partial charge in [-0.25, -0.2) is 0 Å². The highest BCUT2D eigenvalue weighted by molar-refractivity contribution is 5.00. The van der Waals surface area contributed by atoms with Crippen molar-refractivity contribution in [3.05, 3.63) is 11.6 Å². The SMILES string of the molecule is CCOCCc1nnc2n1CC(CN)CC2. The van der Waals surface area contributed by atoms with Gasteiger partial charge in [0.05, 0.1) is 6.61 Å². The van der Waals surface area contributed by atoms with Crippen LogP contribution in [-0.2, 0) is 24.1 Å². The van der Waals surface area contributed by atoms with E-state index >= 15 is 0 Å². The number of rotatable bonds is 5. The molecule has 1 aromatic rings. The first kappa shape index (κ1) is 11.5. The van der Waals surface area contributed by atoms with Crippen molar-refractivity contribution in [2.45, 2.75) is 32.7 Å². The Morgan fingerprint density at radius 3 is 3.12 bits per heavy atom. The molecule has 2 N–H and O–H groups in total. The van der Waals surface area contributed by atoms with E-state index in [1.807, 2.05) is 6.92 Å². The third kappa shape index (κ3) is 2.41. The summed E-state index contributed by atoms with van der Waals surface area (Å²) in [6, 6.07) is 0. The number of nitrogens with two attached hydrogens (primary N) is 1. The lowest BCUT2D eigenvalue weighted by atomic mass is 9.99. The second kappa shape index (κ2) is 5.41. The summed E-state index contributed by atoms with van der Waals surface area (Å²) >= 11 is 0. The number of nitrogens with zero attached hydrogens (tertiary/aromatic N) is 3. The fourth-order valence-electron chi connectivity index (χ4n) is 2.14. The van der Waals surface area contributed by atoms with Crippen LogP contribution in [0.25, 0.3) is 0 Å². The van der Waals surface area contributed by atoms with Gasteiger partial charge in [0.2, 0.25) is 0 Å². The summed E-state index contributed by atoms with van der Waals surface area (Å²) < 4.78 is 7.57. The van der Waals surface area contributed by atoms with Gasteiger partial charge < -0.3 is 15.0 Å². The molecule has 0 bridgehead atoms. The Labute approximate surface area is 96.0 Å². The third-order valence-corrected chi connectivity index (χ3v) is 3.13. The normalized spacial score (nSPS) is 19.8. The predicted molar refractivity (Wildman–Crippen MR) is 61.1 cm³/mol. The molecule has 5 nitrogen and oxygen atoms in total. The van der Waals surface area contributed by atoms with Crippen molar-refractivity contribution < 1.29 is 4.74 Å². The van der Waals surface area contributed by atoms with Gasteiger partial charge in [0.15, 0.2) is 0 Å². The summed E-state index contributed by atoms with van der Waals surface area (Å²) in [5.41, 5.74) is 5.72. The van der Waals surface area contributed by atoms with E-state index in [2.05, 4.69) is 14.8 Å². The van der Waals surface area contributed by atoms with E-state index < -0.39 is 0 Å². The Balaban J connectivity index is 2.01. The molecule has 1 aliphatic rings. The number of ether oxygens (including phenoxy) is 1. The largest absolute Gasteiger partial charge is 0.381 e. The van der Waals surface area contributed by atoms with Crippen LogP contribution in [0.4, 0.5) is 0 Å². The Morgan fingerprint density at radius 2 is 2.38 bits per heavy atom. The lowest BCUT2D eigenvalue weighted by Gasteiger charge is -2.22. The third-order valence-electron chi connectivity index (χ3n) is 3.13. The van der Waals surface area contributed by atoms with E-state index in [0.29, 0.717) is 5.92 Å². The highest BCUT2D eigenvalue weighted by atomic mass is 16.5. The van der Waals surface area contributed by atoms with E-state index in [1.54, 1.807) is 0 Å². The van der Waals surface area contributed by atoms with Crippen molar-refractivity contribution in [3.8, 4) is 0 Å². The van der Waals surface area contributed by atoms with Crippen molar-refractivity contribution in [2.75, 3.05) is 19.8 Å². The average molecular weight is 224 g/mol. The zero-order chi connectivity index (χ0) is 11.4. The minimum absolute atomic E-state index is 0.578. The summed E-state index contributed by atoms with van der Waals surface area (Å²) in [7, 11) is 0. The van der Waals surface area contributed by atoms with Crippen LogP contribution in [0.15, 0.2) is 0 Å². The Kier molecular flexibility index (Phi) is 3.90. The zero-order valence-electron chi connectivity index (χ0n) is 9.85. The summed E-state index contributed by atoms with van der Waals surface area (Å²) in [6.07, 6.45) is 2.99. The van der Waals surface area contributed by atoms with Gasteiger partial charge >= 0.3 is 0 Å². The molecule has 1 aliphatic heterocycles. The summed E-state index contributed by atoms with van der Waals surface area (Å²) in [4.78, 5) is 0. The molecule has 0 saturated heterocycles. The van der Waals surface area contributed by atoms with Crippen molar-refractivity contribution in [1.82, 2.24) is 14.8 Å². The maximum Gasteiger partial charge on any atom is 0.135 e. The van der Waals surface area contributed by atoms with Crippen LogP contribution in [0.2, 0.25) is 0 Å². The van der Waals surface area contributed by atoms with Crippen molar-refractivity contribution in [2.24, 2.45) is 11.7 Å². The van der Waals surface area contributed by atoms with E-state index in [1.165, 1.54) is 0 Å². The van der Waals surface area contributed by atoms with E-state index in [9.17, 15) is 0 Å². The van der Waals surface area contributed by atoms with Crippen LogP contribution in [-0.4, -0.2) is 34.5 Å². The van der Waals surface area contributed by atoms with Gasteiger partial charge in [-0.1, -0.05) is 0 Å². The number of aromatic nitrogens is 3. The molecule has 16 heavy (non-hydrogen) atoms. The van der Waals surface area contributed by atoms with Gasteiger partial charge in [0.25, 0.3) is 0 Å². The van der Waals surface area contributed by atoms with Gasteiger partial charge in [-0.3, -0.25) is 0 Å². The minimum Gasteiger partial charge on any atom is -0.381 e. The first-order valence-corrected chi connectivity index (χ1v) is 6.04. The van der Waals surface area contributed by atoms with Crippen LogP contribution in [0.5, 0.6) is 0 Å². The van der Waals surface area contributed by atoms with Gasteiger partial charge in [0.1, 0.15) is 11.6 Å². The highest BCUT2D eigenvalue weighted by Crippen LogP contribution is 2.19. The second-order valence-corrected chi connectivity index (χ2v) is 4.23. The van der Waals surface area contributed by atoms with Crippen LogP contribution in [0, 0.1) is 5.92 Å². The maximum absolute atomic E-state index is 5.72. The summed E-state index contributed by atoms with van der Waals surface area (Å²) in [5, 5.41) is 8.45. The van der Waals surface area contributed by atoms with E-state index in [4.69, 9.17) is 10.5 Å². The molecular weight excluding hydrogens is 204 g/mol. The molecule has 0 spiro atoms. The van der Waals surface area contributed by atoms with Crippen LogP contribution in [0.1, 0.15) is 25.0 Å². The van der Waals surface area contributed by atoms with Crippen LogP contribution >= 0.6 is 0 Å². The molecule has 1 unspecified atom stereocenters.